The number of aromatic nitrogens is 1. The summed E-state index contributed by atoms with van der Waals surface area (Å²) in [5.74, 6) is -2.18. The van der Waals surface area contributed by atoms with Crippen molar-refractivity contribution in [1.82, 2.24) is 10.3 Å². The number of ketones is 1. The fraction of sp³-hybridized carbons (Fsp3) is 0.429. The molecule has 0 saturated carbocycles. The highest BCUT2D eigenvalue weighted by molar-refractivity contribution is 6.17. The lowest BCUT2D eigenvalue weighted by Crippen LogP contribution is -2.39. The average molecular weight is 499 g/mol. The van der Waals surface area contributed by atoms with Crippen LogP contribution in [-0.2, 0) is 15.0 Å². The van der Waals surface area contributed by atoms with E-state index in [-0.39, 0.29) is 11.9 Å². The summed E-state index contributed by atoms with van der Waals surface area (Å²) in [5, 5.41) is 4.40. The first-order valence-electron chi connectivity index (χ1n) is 12.3. The number of hydrogen-bond donors (Lipinski definition) is 1. The van der Waals surface area contributed by atoms with E-state index in [1.165, 1.54) is 18.3 Å². The molecule has 1 fully saturated rings. The lowest BCUT2D eigenvalue weighted by Gasteiger charge is -2.28. The normalized spacial score (nSPS) is 16.3. The Morgan fingerprint density at radius 2 is 1.94 bits per heavy atom. The lowest BCUT2D eigenvalue weighted by molar-refractivity contribution is -0.161. The van der Waals surface area contributed by atoms with Crippen molar-refractivity contribution in [3.8, 4) is 5.88 Å². The SMILES string of the molecule is CCOc1nccc2c(C(=O)c3c(F)cc(C(C)(C)NCCOC4CCCCO4)cc3F)cccc12. The van der Waals surface area contributed by atoms with Crippen molar-refractivity contribution < 1.29 is 27.8 Å². The highest BCUT2D eigenvalue weighted by atomic mass is 19.1. The van der Waals surface area contributed by atoms with Gasteiger partial charge in [-0.2, -0.15) is 0 Å². The van der Waals surface area contributed by atoms with Crippen molar-refractivity contribution in [2.45, 2.75) is 51.9 Å². The van der Waals surface area contributed by atoms with E-state index in [0.717, 1.165) is 19.3 Å². The fourth-order valence-corrected chi connectivity index (χ4v) is 4.41. The van der Waals surface area contributed by atoms with Gasteiger partial charge in [-0.3, -0.25) is 4.79 Å². The van der Waals surface area contributed by atoms with Crippen molar-refractivity contribution in [2.75, 3.05) is 26.4 Å². The number of fused-ring (bicyclic) bond motifs is 1. The van der Waals surface area contributed by atoms with Crippen LogP contribution in [0.5, 0.6) is 5.88 Å². The largest absolute Gasteiger partial charge is 0.478 e. The summed E-state index contributed by atoms with van der Waals surface area (Å²) in [6.07, 6.45) is 4.31. The number of hydrogen-bond acceptors (Lipinski definition) is 6. The molecule has 1 saturated heterocycles. The van der Waals surface area contributed by atoms with Crippen LogP contribution >= 0.6 is 0 Å². The molecule has 0 amide bonds. The molecular weight excluding hydrogens is 466 g/mol. The van der Waals surface area contributed by atoms with Gasteiger partial charge < -0.3 is 19.5 Å². The van der Waals surface area contributed by atoms with E-state index in [1.54, 1.807) is 24.3 Å². The highest BCUT2D eigenvalue weighted by Crippen LogP contribution is 2.30. The minimum atomic E-state index is -0.909. The number of nitrogens with one attached hydrogen (secondary N) is 1. The zero-order chi connectivity index (χ0) is 25.7. The van der Waals surface area contributed by atoms with Gasteiger partial charge in [-0.1, -0.05) is 12.1 Å². The van der Waals surface area contributed by atoms with Gasteiger partial charge in [-0.05, 0) is 75.2 Å². The third-order valence-corrected chi connectivity index (χ3v) is 6.40. The van der Waals surface area contributed by atoms with Crippen molar-refractivity contribution >= 4 is 16.6 Å². The van der Waals surface area contributed by atoms with Crippen LogP contribution in [0.15, 0.2) is 42.6 Å². The summed E-state index contributed by atoms with van der Waals surface area (Å²) in [6.45, 7) is 7.48. The summed E-state index contributed by atoms with van der Waals surface area (Å²) < 4.78 is 47.3. The minimum Gasteiger partial charge on any atom is -0.478 e. The predicted molar refractivity (Wildman–Crippen MR) is 133 cm³/mol. The molecule has 192 valence electrons. The number of benzene rings is 2. The maximum absolute atomic E-state index is 15.2. The molecule has 6 nitrogen and oxygen atoms in total. The third-order valence-electron chi connectivity index (χ3n) is 6.40. The Bertz CT molecular complexity index is 1200. The van der Waals surface area contributed by atoms with Crippen LogP contribution in [0.2, 0.25) is 0 Å². The molecule has 1 aliphatic rings. The van der Waals surface area contributed by atoms with Gasteiger partial charge in [-0.25, -0.2) is 13.8 Å². The van der Waals surface area contributed by atoms with E-state index in [4.69, 9.17) is 14.2 Å². The molecule has 2 aromatic carbocycles. The Labute approximate surface area is 210 Å². The maximum atomic E-state index is 15.2. The molecule has 1 atom stereocenters. The minimum absolute atomic E-state index is 0.181. The standard InChI is InChI=1S/C28H32F2N2O4/c1-4-34-27-21-9-7-8-20(19(21)11-12-31-27)26(33)25-22(29)16-18(17-23(25)30)28(2,3)32-13-15-36-24-10-5-6-14-35-24/h7-9,11-12,16-17,24,32H,4-6,10,13-15H2,1-3H3. The first kappa shape index (κ1) is 26.1. The fourth-order valence-electron chi connectivity index (χ4n) is 4.41. The smallest absolute Gasteiger partial charge is 0.221 e. The topological polar surface area (TPSA) is 69.7 Å². The van der Waals surface area contributed by atoms with E-state index >= 15 is 8.78 Å². The molecule has 1 aromatic heterocycles. The molecule has 0 radical (unpaired) electrons. The van der Waals surface area contributed by atoms with E-state index in [1.807, 2.05) is 20.8 Å². The predicted octanol–water partition coefficient (Wildman–Crippen LogP) is 5.51. The molecule has 2 heterocycles. The Hall–Kier alpha value is -2.94. The summed E-state index contributed by atoms with van der Waals surface area (Å²) in [5.41, 5.74) is -0.767. The molecule has 1 unspecified atom stereocenters. The Morgan fingerprint density at radius 1 is 1.17 bits per heavy atom. The van der Waals surface area contributed by atoms with Gasteiger partial charge in [-0.15, -0.1) is 0 Å². The van der Waals surface area contributed by atoms with Gasteiger partial charge in [0.15, 0.2) is 12.1 Å². The Morgan fingerprint density at radius 3 is 2.64 bits per heavy atom. The number of carbonyl (C=O) groups is 1. The number of pyridine rings is 1. The van der Waals surface area contributed by atoms with Crippen molar-refractivity contribution in [1.29, 1.82) is 0 Å². The molecule has 0 bridgehead atoms. The number of carbonyl (C=O) groups excluding carboxylic acids is 1. The zero-order valence-corrected chi connectivity index (χ0v) is 20.9. The van der Waals surface area contributed by atoms with Crippen LogP contribution in [0.4, 0.5) is 8.78 Å². The number of halogens is 2. The first-order chi connectivity index (χ1) is 17.3. The second-order valence-corrected chi connectivity index (χ2v) is 9.31. The molecule has 0 aliphatic carbocycles. The molecule has 3 aromatic rings. The number of rotatable bonds is 10. The Balaban J connectivity index is 1.53. The molecule has 4 rings (SSSR count). The van der Waals surface area contributed by atoms with E-state index in [2.05, 4.69) is 10.3 Å². The Kier molecular flexibility index (Phi) is 8.28. The van der Waals surface area contributed by atoms with Gasteiger partial charge in [0, 0.05) is 35.8 Å². The van der Waals surface area contributed by atoms with E-state index < -0.39 is 28.5 Å². The van der Waals surface area contributed by atoms with Gasteiger partial charge in [0.2, 0.25) is 5.88 Å². The van der Waals surface area contributed by atoms with Gasteiger partial charge in [0.25, 0.3) is 0 Å². The van der Waals surface area contributed by atoms with Crippen LogP contribution in [0.1, 0.15) is 61.5 Å². The summed E-state index contributed by atoms with van der Waals surface area (Å²) in [6, 6.07) is 9.03. The van der Waals surface area contributed by atoms with E-state index in [9.17, 15) is 4.79 Å². The highest BCUT2D eigenvalue weighted by Gasteiger charge is 2.27. The zero-order valence-electron chi connectivity index (χ0n) is 20.9. The molecular formula is C28H32F2N2O4. The monoisotopic (exact) mass is 498 g/mol. The average Bonchev–Trinajstić information content (AvgIpc) is 2.87. The lowest BCUT2D eigenvalue weighted by atomic mass is 9.90. The van der Waals surface area contributed by atoms with Crippen LogP contribution in [0.3, 0.4) is 0 Å². The second-order valence-electron chi connectivity index (χ2n) is 9.31. The van der Waals surface area contributed by atoms with Gasteiger partial charge in [0.1, 0.15) is 11.6 Å². The number of nitrogens with zero attached hydrogens (tertiary/aromatic N) is 1. The summed E-state index contributed by atoms with van der Waals surface area (Å²) >= 11 is 0. The molecule has 1 aliphatic heterocycles. The van der Waals surface area contributed by atoms with Gasteiger partial charge >= 0.3 is 0 Å². The van der Waals surface area contributed by atoms with Crippen molar-refractivity contribution in [3.05, 3.63) is 70.9 Å². The summed E-state index contributed by atoms with van der Waals surface area (Å²) in [7, 11) is 0. The first-order valence-corrected chi connectivity index (χ1v) is 12.3. The van der Waals surface area contributed by atoms with Crippen LogP contribution in [0.25, 0.3) is 10.8 Å². The third kappa shape index (κ3) is 5.72. The van der Waals surface area contributed by atoms with Crippen LogP contribution in [0, 0.1) is 11.6 Å². The van der Waals surface area contributed by atoms with Crippen LogP contribution < -0.4 is 10.1 Å². The molecule has 8 heteroatoms. The number of ether oxygens (including phenoxy) is 3. The maximum Gasteiger partial charge on any atom is 0.221 e. The van der Waals surface area contributed by atoms with Crippen molar-refractivity contribution in [3.63, 3.8) is 0 Å². The summed E-state index contributed by atoms with van der Waals surface area (Å²) in [4.78, 5) is 17.5. The quantitative estimate of drug-likeness (QED) is 0.294. The molecule has 0 spiro atoms. The molecule has 1 N–H and O–H groups in total. The van der Waals surface area contributed by atoms with Crippen LogP contribution in [-0.4, -0.2) is 43.4 Å². The molecule has 36 heavy (non-hydrogen) atoms. The van der Waals surface area contributed by atoms with Crippen molar-refractivity contribution in [2.24, 2.45) is 0 Å². The van der Waals surface area contributed by atoms with Gasteiger partial charge in [0.05, 0.1) is 18.8 Å². The second kappa shape index (κ2) is 11.4. The van der Waals surface area contributed by atoms with E-state index in [0.29, 0.717) is 48.6 Å².